The average molecular weight is 370 g/mol. The summed E-state index contributed by atoms with van der Waals surface area (Å²) in [6, 6.07) is 5.83. The third kappa shape index (κ3) is 4.26. The second kappa shape index (κ2) is 8.03. The molecular weight excluding hydrogens is 344 g/mol. The molecule has 1 saturated carbocycles. The molecule has 0 radical (unpaired) electrons. The molecule has 6 nitrogen and oxygen atoms in total. The third-order valence-electron chi connectivity index (χ3n) is 5.43. The summed E-state index contributed by atoms with van der Waals surface area (Å²) >= 11 is 0. The molecule has 4 rings (SSSR count). The third-order valence-corrected chi connectivity index (χ3v) is 5.43. The molecule has 2 aromatic rings. The van der Waals surface area contributed by atoms with Gasteiger partial charge in [-0.3, -0.25) is 9.59 Å². The van der Waals surface area contributed by atoms with Crippen LogP contribution in [0.2, 0.25) is 0 Å². The monoisotopic (exact) mass is 370 g/mol. The number of aryl methyl sites for hydroxylation is 1. The zero-order chi connectivity index (χ0) is 18.6. The van der Waals surface area contributed by atoms with E-state index in [4.69, 9.17) is 9.47 Å². The van der Waals surface area contributed by atoms with Crippen LogP contribution in [-0.4, -0.2) is 30.1 Å². The second-order valence-corrected chi connectivity index (χ2v) is 7.46. The van der Waals surface area contributed by atoms with Crippen LogP contribution in [-0.2, 0) is 11.2 Å². The van der Waals surface area contributed by atoms with E-state index in [0.717, 1.165) is 23.7 Å². The van der Waals surface area contributed by atoms with Gasteiger partial charge in [0.15, 0.2) is 11.5 Å². The molecule has 1 amide bonds. The number of H-pyrrole nitrogens is 1. The number of aromatic nitrogens is 1. The summed E-state index contributed by atoms with van der Waals surface area (Å²) in [5, 5.41) is 4.03. The first-order chi connectivity index (χ1) is 13.2. The summed E-state index contributed by atoms with van der Waals surface area (Å²) in [6.07, 6.45) is 7.78. The van der Waals surface area contributed by atoms with Crippen molar-refractivity contribution in [3.05, 3.63) is 34.1 Å². The van der Waals surface area contributed by atoms with E-state index in [1.807, 2.05) is 12.1 Å². The number of carbonyl (C=O) groups is 1. The average Bonchev–Trinajstić information content (AvgIpc) is 2.93. The number of ether oxygens (including phenoxy) is 2. The minimum atomic E-state index is -0.151. The van der Waals surface area contributed by atoms with E-state index < -0.39 is 0 Å². The number of hydrogen-bond donors (Lipinski definition) is 2. The van der Waals surface area contributed by atoms with Crippen LogP contribution < -0.4 is 20.3 Å². The molecule has 2 heterocycles. The van der Waals surface area contributed by atoms with Crippen molar-refractivity contribution >= 4 is 16.8 Å². The van der Waals surface area contributed by atoms with Gasteiger partial charge >= 0.3 is 0 Å². The number of carbonyl (C=O) groups excluding carboxylic acids is 1. The molecule has 2 aliphatic rings. The zero-order valence-corrected chi connectivity index (χ0v) is 15.5. The van der Waals surface area contributed by atoms with E-state index >= 15 is 0 Å². The van der Waals surface area contributed by atoms with Crippen molar-refractivity contribution in [3.63, 3.8) is 0 Å². The van der Waals surface area contributed by atoms with Crippen molar-refractivity contribution < 1.29 is 14.3 Å². The van der Waals surface area contributed by atoms with Gasteiger partial charge in [0.25, 0.3) is 5.56 Å². The highest BCUT2D eigenvalue weighted by Gasteiger charge is 2.16. The summed E-state index contributed by atoms with van der Waals surface area (Å²) in [5.41, 5.74) is 1.19. The van der Waals surface area contributed by atoms with Gasteiger partial charge in [0.1, 0.15) is 13.2 Å². The van der Waals surface area contributed by atoms with Crippen molar-refractivity contribution in [2.24, 2.45) is 0 Å². The quantitative estimate of drug-likeness (QED) is 0.811. The Balaban J connectivity index is 1.44. The maximum absolute atomic E-state index is 12.4. The molecule has 1 aliphatic heterocycles. The molecule has 1 fully saturated rings. The van der Waals surface area contributed by atoms with Gasteiger partial charge in [-0.15, -0.1) is 0 Å². The number of amides is 1. The van der Waals surface area contributed by atoms with Crippen molar-refractivity contribution in [2.45, 2.75) is 57.4 Å². The molecule has 0 bridgehead atoms. The fraction of sp³-hybridized carbons (Fsp3) is 0.524. The molecule has 1 aromatic carbocycles. The largest absolute Gasteiger partial charge is 0.486 e. The van der Waals surface area contributed by atoms with Gasteiger partial charge in [-0.2, -0.15) is 0 Å². The van der Waals surface area contributed by atoms with Crippen LogP contribution in [0.3, 0.4) is 0 Å². The lowest BCUT2D eigenvalue weighted by Gasteiger charge is -2.19. The van der Waals surface area contributed by atoms with E-state index in [0.29, 0.717) is 49.2 Å². The molecule has 0 unspecified atom stereocenters. The number of fused-ring (bicyclic) bond motifs is 2. The summed E-state index contributed by atoms with van der Waals surface area (Å²) < 4.78 is 11.2. The molecule has 144 valence electrons. The van der Waals surface area contributed by atoms with E-state index in [9.17, 15) is 9.59 Å². The minimum absolute atomic E-state index is 0.0311. The van der Waals surface area contributed by atoms with Gasteiger partial charge in [-0.05, 0) is 31.4 Å². The molecule has 0 atom stereocenters. The van der Waals surface area contributed by atoms with Crippen molar-refractivity contribution in [3.8, 4) is 11.5 Å². The van der Waals surface area contributed by atoms with Crippen LogP contribution >= 0.6 is 0 Å². The van der Waals surface area contributed by atoms with Gasteiger partial charge in [-0.1, -0.05) is 25.7 Å². The highest BCUT2D eigenvalue weighted by atomic mass is 16.6. The van der Waals surface area contributed by atoms with Gasteiger partial charge in [0, 0.05) is 29.5 Å². The predicted octanol–water partition coefficient (Wildman–Crippen LogP) is 3.07. The number of nitrogens with one attached hydrogen (secondary N) is 2. The maximum Gasteiger partial charge on any atom is 0.251 e. The fourth-order valence-corrected chi connectivity index (χ4v) is 3.95. The Hall–Kier alpha value is -2.50. The Labute approximate surface area is 158 Å². The fourth-order valence-electron chi connectivity index (χ4n) is 3.95. The SMILES string of the molecule is O=C(CCc1cc2cc3c(cc2[nH]c1=O)OCCO3)NC1CCCCCC1. The number of aromatic amines is 1. The van der Waals surface area contributed by atoms with E-state index in [1.54, 1.807) is 6.07 Å². The van der Waals surface area contributed by atoms with Crippen LogP contribution in [0.1, 0.15) is 50.5 Å². The topological polar surface area (TPSA) is 80.4 Å². The lowest BCUT2D eigenvalue weighted by Crippen LogP contribution is -2.34. The lowest BCUT2D eigenvalue weighted by atomic mass is 10.1. The highest BCUT2D eigenvalue weighted by Crippen LogP contribution is 2.33. The van der Waals surface area contributed by atoms with E-state index in [-0.39, 0.29) is 11.5 Å². The maximum atomic E-state index is 12.4. The Morgan fingerprint density at radius 2 is 1.74 bits per heavy atom. The number of rotatable bonds is 4. The molecule has 0 spiro atoms. The van der Waals surface area contributed by atoms with Crippen molar-refractivity contribution in [1.82, 2.24) is 10.3 Å². The summed E-state index contributed by atoms with van der Waals surface area (Å²) in [7, 11) is 0. The van der Waals surface area contributed by atoms with E-state index in [1.165, 1.54) is 25.7 Å². The van der Waals surface area contributed by atoms with Crippen LogP contribution in [0.15, 0.2) is 23.0 Å². The Bertz CT molecular complexity index is 882. The standard InChI is InChI=1S/C21H26N2O4/c24-20(22-16-5-3-1-2-4-6-16)8-7-14-11-15-12-18-19(27-10-9-26-18)13-17(15)23-21(14)25/h11-13,16H,1-10H2,(H,22,24)(H,23,25). The Kier molecular flexibility index (Phi) is 5.32. The van der Waals surface area contributed by atoms with Crippen LogP contribution in [0.4, 0.5) is 0 Å². The zero-order valence-electron chi connectivity index (χ0n) is 15.5. The van der Waals surface area contributed by atoms with Crippen LogP contribution in [0.25, 0.3) is 10.9 Å². The molecule has 1 aliphatic carbocycles. The first-order valence-electron chi connectivity index (χ1n) is 9.94. The van der Waals surface area contributed by atoms with Gasteiger partial charge in [0.2, 0.25) is 5.91 Å². The molecule has 6 heteroatoms. The molecule has 27 heavy (non-hydrogen) atoms. The number of benzene rings is 1. The van der Waals surface area contributed by atoms with E-state index in [2.05, 4.69) is 10.3 Å². The summed E-state index contributed by atoms with van der Waals surface area (Å²) in [6.45, 7) is 1.03. The normalized spacial score (nSPS) is 17.5. The van der Waals surface area contributed by atoms with Crippen LogP contribution in [0, 0.1) is 0 Å². The Morgan fingerprint density at radius 1 is 1.04 bits per heavy atom. The number of pyridine rings is 1. The first-order valence-corrected chi connectivity index (χ1v) is 9.94. The lowest BCUT2D eigenvalue weighted by molar-refractivity contribution is -0.121. The predicted molar refractivity (Wildman–Crippen MR) is 104 cm³/mol. The Morgan fingerprint density at radius 3 is 2.48 bits per heavy atom. The molecule has 2 N–H and O–H groups in total. The van der Waals surface area contributed by atoms with Gasteiger partial charge in [-0.25, -0.2) is 0 Å². The van der Waals surface area contributed by atoms with Crippen LogP contribution in [0.5, 0.6) is 11.5 Å². The smallest absolute Gasteiger partial charge is 0.251 e. The molecule has 1 aromatic heterocycles. The van der Waals surface area contributed by atoms with Gasteiger partial charge in [0.05, 0.1) is 5.52 Å². The molecular formula is C21H26N2O4. The summed E-state index contributed by atoms with van der Waals surface area (Å²) in [5.74, 6) is 1.38. The van der Waals surface area contributed by atoms with Crippen molar-refractivity contribution in [2.75, 3.05) is 13.2 Å². The number of hydrogen-bond acceptors (Lipinski definition) is 4. The van der Waals surface area contributed by atoms with Crippen molar-refractivity contribution in [1.29, 1.82) is 0 Å². The van der Waals surface area contributed by atoms with Gasteiger partial charge < -0.3 is 19.8 Å². The second-order valence-electron chi connectivity index (χ2n) is 7.46. The highest BCUT2D eigenvalue weighted by molar-refractivity contribution is 5.83. The molecule has 0 saturated heterocycles. The minimum Gasteiger partial charge on any atom is -0.486 e. The summed E-state index contributed by atoms with van der Waals surface area (Å²) in [4.78, 5) is 27.6. The first kappa shape index (κ1) is 17.9.